The predicted octanol–water partition coefficient (Wildman–Crippen LogP) is 1.68. The van der Waals surface area contributed by atoms with E-state index in [-0.39, 0.29) is 12.2 Å². The quantitative estimate of drug-likeness (QED) is 0.868. The van der Waals surface area contributed by atoms with Gasteiger partial charge in [-0.25, -0.2) is 9.67 Å². The van der Waals surface area contributed by atoms with Gasteiger partial charge in [-0.2, -0.15) is 5.10 Å². The second-order valence-electron chi connectivity index (χ2n) is 4.96. The first-order valence-electron chi connectivity index (χ1n) is 6.35. The smallest absolute Gasteiger partial charge is 0.153 e. The van der Waals surface area contributed by atoms with E-state index in [1.54, 1.807) is 6.33 Å². The third kappa shape index (κ3) is 3.26. The Labute approximate surface area is 102 Å². The number of rotatable bonds is 4. The highest BCUT2D eigenvalue weighted by atomic mass is 16.5. The third-order valence-electron chi connectivity index (χ3n) is 3.23. The molecule has 0 bridgehead atoms. The lowest BCUT2D eigenvalue weighted by molar-refractivity contribution is -0.0156. The van der Waals surface area contributed by atoms with Crippen LogP contribution in [0, 0.1) is 0 Å². The van der Waals surface area contributed by atoms with Gasteiger partial charge >= 0.3 is 0 Å². The maximum absolute atomic E-state index is 9.41. The van der Waals surface area contributed by atoms with Gasteiger partial charge < -0.3 is 9.84 Å². The minimum atomic E-state index is -0.130. The molecule has 0 radical (unpaired) electrons. The Kier molecular flexibility index (Phi) is 4.12. The van der Waals surface area contributed by atoms with Crippen LogP contribution in [0.25, 0.3) is 0 Å². The molecule has 1 aliphatic carbocycles. The van der Waals surface area contributed by atoms with Crippen LogP contribution in [-0.2, 0) is 11.3 Å². The van der Waals surface area contributed by atoms with Crippen LogP contribution >= 0.6 is 0 Å². The van der Waals surface area contributed by atoms with Crippen LogP contribution in [-0.4, -0.2) is 32.1 Å². The van der Waals surface area contributed by atoms with Gasteiger partial charge in [-0.05, 0) is 39.5 Å². The molecule has 0 saturated heterocycles. The highest BCUT2D eigenvalue weighted by molar-refractivity contribution is 4.84. The van der Waals surface area contributed by atoms with Crippen molar-refractivity contribution in [2.75, 3.05) is 0 Å². The largest absolute Gasteiger partial charge is 0.393 e. The minimum absolute atomic E-state index is 0.130. The molecule has 96 valence electrons. The van der Waals surface area contributed by atoms with E-state index in [4.69, 9.17) is 4.74 Å². The molecule has 0 amide bonds. The summed E-state index contributed by atoms with van der Waals surface area (Å²) in [5.41, 5.74) is 0. The first-order chi connectivity index (χ1) is 8.16. The zero-order chi connectivity index (χ0) is 12.3. The predicted molar refractivity (Wildman–Crippen MR) is 63.5 cm³/mol. The average Bonchev–Trinajstić information content (AvgIpc) is 2.76. The number of nitrogens with zero attached hydrogens (tertiary/aromatic N) is 3. The highest BCUT2D eigenvalue weighted by Crippen LogP contribution is 2.22. The molecule has 0 aromatic carbocycles. The molecule has 5 nitrogen and oxygen atoms in total. The Balaban J connectivity index is 1.83. The summed E-state index contributed by atoms with van der Waals surface area (Å²) >= 11 is 0. The maximum Gasteiger partial charge on any atom is 0.153 e. The normalized spacial score (nSPS) is 25.4. The molecular formula is C12H21N3O2. The molecule has 2 rings (SSSR count). The van der Waals surface area contributed by atoms with Crippen LogP contribution in [0.2, 0.25) is 0 Å². The summed E-state index contributed by atoms with van der Waals surface area (Å²) in [7, 11) is 0. The van der Waals surface area contributed by atoms with E-state index in [1.807, 2.05) is 4.68 Å². The third-order valence-corrected chi connectivity index (χ3v) is 3.23. The summed E-state index contributed by atoms with van der Waals surface area (Å²) in [6.07, 6.45) is 5.28. The van der Waals surface area contributed by atoms with Gasteiger partial charge in [0, 0.05) is 6.04 Å². The first kappa shape index (κ1) is 12.5. The molecular weight excluding hydrogens is 218 g/mol. The summed E-state index contributed by atoms with van der Waals surface area (Å²) < 4.78 is 7.72. The summed E-state index contributed by atoms with van der Waals surface area (Å²) in [4.78, 5) is 4.21. The number of aromatic nitrogens is 3. The van der Waals surface area contributed by atoms with Gasteiger partial charge in [-0.3, -0.25) is 0 Å². The SMILES string of the molecule is CC(C)n1ncnc1COC1CCC(O)CC1. The number of aliphatic hydroxyl groups is 1. The van der Waals surface area contributed by atoms with E-state index in [0.717, 1.165) is 31.5 Å². The zero-order valence-corrected chi connectivity index (χ0v) is 10.5. The van der Waals surface area contributed by atoms with E-state index < -0.39 is 0 Å². The molecule has 1 heterocycles. The van der Waals surface area contributed by atoms with E-state index in [0.29, 0.717) is 12.6 Å². The standard InChI is InChI=1S/C12H21N3O2/c1-9(2)15-12(13-8-14-15)7-17-11-5-3-10(16)4-6-11/h8-11,16H,3-7H2,1-2H3. The second kappa shape index (κ2) is 5.60. The van der Waals surface area contributed by atoms with E-state index in [1.165, 1.54) is 0 Å². The van der Waals surface area contributed by atoms with E-state index >= 15 is 0 Å². The fourth-order valence-corrected chi connectivity index (χ4v) is 2.21. The Bertz CT molecular complexity index is 343. The molecule has 0 unspecified atom stereocenters. The van der Waals surface area contributed by atoms with Gasteiger partial charge in [-0.15, -0.1) is 0 Å². The molecule has 1 aliphatic rings. The van der Waals surface area contributed by atoms with Crippen LogP contribution in [0.5, 0.6) is 0 Å². The molecule has 1 N–H and O–H groups in total. The molecule has 17 heavy (non-hydrogen) atoms. The van der Waals surface area contributed by atoms with Crippen molar-refractivity contribution in [3.05, 3.63) is 12.2 Å². The van der Waals surface area contributed by atoms with E-state index in [2.05, 4.69) is 23.9 Å². The summed E-state index contributed by atoms with van der Waals surface area (Å²) in [6.45, 7) is 4.67. The van der Waals surface area contributed by atoms with Gasteiger partial charge in [0.1, 0.15) is 12.9 Å². The Hall–Kier alpha value is -0.940. The molecule has 1 aromatic rings. The summed E-state index contributed by atoms with van der Waals surface area (Å²) in [5.74, 6) is 0.881. The Morgan fingerprint density at radius 1 is 1.41 bits per heavy atom. The second-order valence-corrected chi connectivity index (χ2v) is 4.96. The summed E-state index contributed by atoms with van der Waals surface area (Å²) in [6, 6.07) is 0.310. The van der Waals surface area contributed by atoms with Crippen molar-refractivity contribution in [2.45, 2.75) is 64.4 Å². The van der Waals surface area contributed by atoms with Crippen LogP contribution in [0.4, 0.5) is 0 Å². The van der Waals surface area contributed by atoms with Gasteiger partial charge in [0.2, 0.25) is 0 Å². The van der Waals surface area contributed by atoms with Gasteiger partial charge in [0.25, 0.3) is 0 Å². The van der Waals surface area contributed by atoms with Gasteiger partial charge in [0.15, 0.2) is 5.82 Å². The van der Waals surface area contributed by atoms with Crippen LogP contribution in [0.3, 0.4) is 0 Å². The topological polar surface area (TPSA) is 60.2 Å². The molecule has 0 aliphatic heterocycles. The Morgan fingerprint density at radius 2 is 2.12 bits per heavy atom. The highest BCUT2D eigenvalue weighted by Gasteiger charge is 2.20. The van der Waals surface area contributed by atoms with Crippen molar-refractivity contribution in [1.82, 2.24) is 14.8 Å². The van der Waals surface area contributed by atoms with Crippen molar-refractivity contribution < 1.29 is 9.84 Å². The molecule has 5 heteroatoms. The number of hydrogen-bond donors (Lipinski definition) is 1. The lowest BCUT2D eigenvalue weighted by Gasteiger charge is -2.25. The Morgan fingerprint density at radius 3 is 2.76 bits per heavy atom. The fraction of sp³-hybridized carbons (Fsp3) is 0.833. The lowest BCUT2D eigenvalue weighted by atomic mass is 9.95. The molecule has 1 aromatic heterocycles. The van der Waals surface area contributed by atoms with Crippen molar-refractivity contribution >= 4 is 0 Å². The molecule has 0 spiro atoms. The van der Waals surface area contributed by atoms with Crippen molar-refractivity contribution in [1.29, 1.82) is 0 Å². The van der Waals surface area contributed by atoms with Gasteiger partial charge in [0.05, 0.1) is 12.2 Å². The monoisotopic (exact) mass is 239 g/mol. The van der Waals surface area contributed by atoms with E-state index in [9.17, 15) is 5.11 Å². The van der Waals surface area contributed by atoms with Crippen molar-refractivity contribution in [3.8, 4) is 0 Å². The lowest BCUT2D eigenvalue weighted by Crippen LogP contribution is -2.24. The average molecular weight is 239 g/mol. The zero-order valence-electron chi connectivity index (χ0n) is 10.5. The molecule has 1 saturated carbocycles. The first-order valence-corrected chi connectivity index (χ1v) is 6.35. The van der Waals surface area contributed by atoms with Crippen LogP contribution < -0.4 is 0 Å². The van der Waals surface area contributed by atoms with Crippen molar-refractivity contribution in [3.63, 3.8) is 0 Å². The number of hydrogen-bond acceptors (Lipinski definition) is 4. The molecule has 1 fully saturated rings. The summed E-state index contributed by atoms with van der Waals surface area (Å²) in [5, 5.41) is 13.6. The fourth-order valence-electron chi connectivity index (χ4n) is 2.21. The minimum Gasteiger partial charge on any atom is -0.393 e. The van der Waals surface area contributed by atoms with Crippen molar-refractivity contribution in [2.24, 2.45) is 0 Å². The van der Waals surface area contributed by atoms with Gasteiger partial charge in [-0.1, -0.05) is 0 Å². The number of aliphatic hydroxyl groups excluding tert-OH is 1. The number of ether oxygens (including phenoxy) is 1. The molecule has 0 atom stereocenters. The van der Waals surface area contributed by atoms with Crippen LogP contribution in [0.1, 0.15) is 51.4 Å². The maximum atomic E-state index is 9.41. The van der Waals surface area contributed by atoms with Crippen LogP contribution in [0.15, 0.2) is 6.33 Å².